The van der Waals surface area contributed by atoms with Crippen molar-refractivity contribution < 1.29 is 30.5 Å². The molecule has 2 heterocycles. The fraction of sp³-hybridized carbons (Fsp3) is 0.133. The fourth-order valence-electron chi connectivity index (χ4n) is 4.40. The molecule has 42 heavy (non-hydrogen) atoms. The van der Waals surface area contributed by atoms with Gasteiger partial charge in [-0.05, 0) is 35.4 Å². The normalized spacial score (nSPS) is 10.2. The quantitative estimate of drug-likeness (QED) is 0.262. The molecule has 6 aromatic rings. The summed E-state index contributed by atoms with van der Waals surface area (Å²) in [5, 5.41) is 17.9. The third kappa shape index (κ3) is 7.36. The highest BCUT2D eigenvalue weighted by Crippen LogP contribution is 2.21. The molecule has 0 fully saturated rings. The van der Waals surface area contributed by atoms with Gasteiger partial charge in [-0.2, -0.15) is 0 Å². The SMILES string of the molecule is COc1ccc2c(c1)ncn2Cc1ccc([B]O)cc1.COc1ccc2ncn(Cc3ccc([B]O)cc3)c2c1.O.O. The van der Waals surface area contributed by atoms with Crippen LogP contribution in [-0.2, 0) is 13.1 Å². The molecule has 0 amide bonds. The second-order valence-electron chi connectivity index (χ2n) is 9.20. The van der Waals surface area contributed by atoms with E-state index in [1.165, 1.54) is 0 Å². The van der Waals surface area contributed by atoms with E-state index in [9.17, 15) is 0 Å². The van der Waals surface area contributed by atoms with Gasteiger partial charge in [0.15, 0.2) is 0 Å². The number of ether oxygens (including phenoxy) is 2. The Balaban J connectivity index is 0.000000220. The van der Waals surface area contributed by atoms with Crippen LogP contribution in [0.3, 0.4) is 0 Å². The van der Waals surface area contributed by atoms with E-state index in [1.807, 2.05) is 97.6 Å². The van der Waals surface area contributed by atoms with Crippen LogP contribution in [0.1, 0.15) is 11.1 Å². The van der Waals surface area contributed by atoms with Crippen molar-refractivity contribution in [3.63, 3.8) is 0 Å². The first-order valence-corrected chi connectivity index (χ1v) is 12.7. The van der Waals surface area contributed by atoms with Crippen molar-refractivity contribution in [1.82, 2.24) is 19.1 Å². The smallest absolute Gasteiger partial charge is 0.326 e. The van der Waals surface area contributed by atoms with Crippen LogP contribution in [-0.4, -0.2) is 69.3 Å². The van der Waals surface area contributed by atoms with Gasteiger partial charge in [0.2, 0.25) is 0 Å². The molecule has 10 nitrogen and oxygen atoms in total. The molecule has 0 saturated carbocycles. The topological polar surface area (TPSA) is 158 Å². The van der Waals surface area contributed by atoms with E-state index in [1.54, 1.807) is 14.2 Å². The van der Waals surface area contributed by atoms with Crippen LogP contribution in [0.15, 0.2) is 97.6 Å². The van der Waals surface area contributed by atoms with Gasteiger partial charge >= 0.3 is 15.0 Å². The molecule has 0 saturated heterocycles. The Kier molecular flexibility index (Phi) is 11.3. The summed E-state index contributed by atoms with van der Waals surface area (Å²) < 4.78 is 14.6. The van der Waals surface area contributed by atoms with E-state index in [2.05, 4.69) is 19.1 Å². The molecule has 0 atom stereocenters. The Bertz CT molecular complexity index is 1710. The zero-order valence-corrected chi connectivity index (χ0v) is 23.3. The van der Waals surface area contributed by atoms with Gasteiger partial charge in [0, 0.05) is 25.2 Å². The van der Waals surface area contributed by atoms with Crippen LogP contribution in [0.25, 0.3) is 22.1 Å². The van der Waals surface area contributed by atoms with E-state index in [4.69, 9.17) is 19.5 Å². The minimum Gasteiger partial charge on any atom is -0.497 e. The van der Waals surface area contributed by atoms with Crippen molar-refractivity contribution >= 4 is 48.0 Å². The summed E-state index contributed by atoms with van der Waals surface area (Å²) in [4.78, 5) is 8.78. The molecule has 6 N–H and O–H groups in total. The number of benzene rings is 4. The second-order valence-corrected chi connectivity index (χ2v) is 9.20. The largest absolute Gasteiger partial charge is 0.497 e. The molecular weight excluding hydrogens is 534 g/mol. The lowest BCUT2D eigenvalue weighted by atomic mass is 9.88. The molecule has 2 aromatic heterocycles. The van der Waals surface area contributed by atoms with Crippen LogP contribution in [0.4, 0.5) is 0 Å². The van der Waals surface area contributed by atoms with Gasteiger partial charge in [-0.3, -0.25) is 0 Å². The first-order chi connectivity index (χ1) is 19.6. The summed E-state index contributed by atoms with van der Waals surface area (Å²) in [5.41, 5.74) is 7.89. The highest BCUT2D eigenvalue weighted by atomic mass is 16.5. The lowest BCUT2D eigenvalue weighted by molar-refractivity contribution is 0.415. The third-order valence-corrected chi connectivity index (χ3v) is 6.62. The third-order valence-electron chi connectivity index (χ3n) is 6.62. The van der Waals surface area contributed by atoms with Crippen LogP contribution < -0.4 is 20.4 Å². The Morgan fingerprint density at radius 2 is 1.07 bits per heavy atom. The summed E-state index contributed by atoms with van der Waals surface area (Å²) in [5.74, 6) is 1.63. The zero-order valence-electron chi connectivity index (χ0n) is 23.3. The summed E-state index contributed by atoms with van der Waals surface area (Å²) in [6.45, 7) is 1.48. The van der Waals surface area contributed by atoms with Crippen LogP contribution >= 0.6 is 0 Å². The fourth-order valence-corrected chi connectivity index (χ4v) is 4.40. The van der Waals surface area contributed by atoms with Gasteiger partial charge in [-0.25, -0.2) is 9.97 Å². The number of rotatable bonds is 8. The molecule has 6 rings (SSSR count). The minimum atomic E-state index is 0. The summed E-state index contributed by atoms with van der Waals surface area (Å²) in [6.07, 6.45) is 3.66. The summed E-state index contributed by atoms with van der Waals surface area (Å²) in [6, 6.07) is 27.2. The molecule has 0 aliphatic heterocycles. The van der Waals surface area contributed by atoms with Crippen molar-refractivity contribution in [2.75, 3.05) is 14.2 Å². The molecule has 0 spiro atoms. The van der Waals surface area contributed by atoms with E-state index >= 15 is 0 Å². The molecule has 0 bridgehead atoms. The maximum absolute atomic E-state index is 8.93. The first kappa shape index (κ1) is 31.9. The molecule has 4 aromatic carbocycles. The van der Waals surface area contributed by atoms with Gasteiger partial charge in [-0.1, -0.05) is 59.5 Å². The standard InChI is InChI=1S/2C15H14BN2O2.2H2O/c1-20-13-6-7-15-14(8-13)17-10-18(15)9-11-2-4-12(16-19)5-3-11;1-20-13-6-7-14-15(8-13)18(10-17-14)9-11-2-4-12(16-19)5-3-11;;/h2*2-8,10,19H,9H2,1H3;2*1H2. The molecular formula is C30H32B2N4O6. The van der Waals surface area contributed by atoms with Gasteiger partial charge in [0.1, 0.15) is 11.5 Å². The predicted octanol–water partition coefficient (Wildman–Crippen LogP) is 1.01. The number of hydrogen-bond acceptors (Lipinski definition) is 6. The van der Waals surface area contributed by atoms with Gasteiger partial charge in [0.05, 0.1) is 48.9 Å². The first-order valence-electron chi connectivity index (χ1n) is 12.7. The summed E-state index contributed by atoms with van der Waals surface area (Å²) in [7, 11) is 5.51. The highest BCUT2D eigenvalue weighted by molar-refractivity contribution is 6.45. The highest BCUT2D eigenvalue weighted by Gasteiger charge is 2.06. The average Bonchev–Trinajstić information content (AvgIpc) is 3.61. The lowest BCUT2D eigenvalue weighted by Crippen LogP contribution is -2.12. The number of imidazole rings is 2. The van der Waals surface area contributed by atoms with Crippen molar-refractivity contribution in [2.24, 2.45) is 0 Å². The van der Waals surface area contributed by atoms with Crippen molar-refractivity contribution in [2.45, 2.75) is 13.1 Å². The number of nitrogens with zero attached hydrogens (tertiary/aromatic N) is 4. The molecule has 0 aliphatic rings. The van der Waals surface area contributed by atoms with E-state index in [0.29, 0.717) is 0 Å². The van der Waals surface area contributed by atoms with E-state index in [-0.39, 0.29) is 11.0 Å². The van der Waals surface area contributed by atoms with Gasteiger partial charge in [-0.15, -0.1) is 0 Å². The van der Waals surface area contributed by atoms with Crippen molar-refractivity contribution in [3.8, 4) is 11.5 Å². The van der Waals surface area contributed by atoms with Crippen LogP contribution in [0, 0.1) is 0 Å². The lowest BCUT2D eigenvalue weighted by Gasteiger charge is -2.06. The molecule has 2 radical (unpaired) electrons. The number of fused-ring (bicyclic) bond motifs is 2. The maximum Gasteiger partial charge on any atom is 0.326 e. The van der Waals surface area contributed by atoms with Crippen LogP contribution in [0.2, 0.25) is 0 Å². The van der Waals surface area contributed by atoms with E-state index < -0.39 is 0 Å². The average molecular weight is 566 g/mol. The van der Waals surface area contributed by atoms with Gasteiger partial charge < -0.3 is 39.6 Å². The number of aromatic nitrogens is 4. The number of methoxy groups -OCH3 is 2. The maximum atomic E-state index is 8.93. The van der Waals surface area contributed by atoms with E-state index in [0.717, 1.165) is 83.7 Å². The molecule has 214 valence electrons. The Morgan fingerprint density at radius 3 is 1.60 bits per heavy atom. The molecule has 12 heteroatoms. The Morgan fingerprint density at radius 1 is 0.595 bits per heavy atom. The van der Waals surface area contributed by atoms with Crippen molar-refractivity contribution in [1.29, 1.82) is 0 Å². The minimum absolute atomic E-state index is 0. The zero-order chi connectivity index (χ0) is 27.9. The second kappa shape index (κ2) is 14.9. The molecule has 0 aliphatic carbocycles. The van der Waals surface area contributed by atoms with Crippen LogP contribution in [0.5, 0.6) is 11.5 Å². The van der Waals surface area contributed by atoms with Crippen molar-refractivity contribution in [3.05, 3.63) is 109 Å². The van der Waals surface area contributed by atoms with Gasteiger partial charge in [0.25, 0.3) is 0 Å². The Hall–Kier alpha value is -4.61. The number of hydrogen-bond donors (Lipinski definition) is 2. The monoisotopic (exact) mass is 566 g/mol. The summed E-state index contributed by atoms with van der Waals surface area (Å²) >= 11 is 0. The molecule has 0 unspecified atom stereocenters. The Labute approximate surface area is 245 Å². The predicted molar refractivity (Wildman–Crippen MR) is 166 cm³/mol.